The Balaban J connectivity index is 3.10. The third-order valence-electron chi connectivity index (χ3n) is 1.77. The molecule has 3 nitrogen and oxygen atoms in total. The van der Waals surface area contributed by atoms with E-state index in [9.17, 15) is 10.1 Å². The smallest absolute Gasteiger partial charge is 0.258 e. The van der Waals surface area contributed by atoms with Gasteiger partial charge in [-0.3, -0.25) is 10.1 Å². The number of rotatable bonds is 3. The highest BCUT2D eigenvalue weighted by molar-refractivity contribution is 9.10. The number of nitrogens with zero attached hydrogens (tertiary/aromatic N) is 1. The molecule has 0 saturated heterocycles. The molecule has 0 saturated carbocycles. The second-order valence-corrected chi connectivity index (χ2v) is 3.55. The molecular formula is C9H10BrNO2. The average molecular weight is 244 g/mol. The first-order chi connectivity index (χ1) is 6.16. The van der Waals surface area contributed by atoms with Crippen molar-refractivity contribution in [2.75, 3.05) is 0 Å². The molecule has 0 heterocycles. The Morgan fingerprint density at radius 2 is 2.23 bits per heavy atom. The van der Waals surface area contributed by atoms with Gasteiger partial charge < -0.3 is 0 Å². The molecule has 13 heavy (non-hydrogen) atoms. The maximum absolute atomic E-state index is 10.6. The molecule has 1 aromatic rings. The van der Waals surface area contributed by atoms with E-state index in [4.69, 9.17) is 0 Å². The number of aryl methyl sites for hydroxylation is 1. The lowest BCUT2D eigenvalue weighted by molar-refractivity contribution is -0.385. The molecule has 0 fully saturated rings. The number of nitro groups is 1. The molecule has 70 valence electrons. The Morgan fingerprint density at radius 3 is 2.77 bits per heavy atom. The predicted molar refractivity (Wildman–Crippen MR) is 54.8 cm³/mol. The molecule has 0 aliphatic heterocycles. The maximum Gasteiger partial charge on any atom is 0.283 e. The van der Waals surface area contributed by atoms with Crippen molar-refractivity contribution in [3.63, 3.8) is 0 Å². The van der Waals surface area contributed by atoms with Crippen molar-refractivity contribution in [3.05, 3.63) is 38.3 Å². The number of nitro benzene ring substituents is 1. The number of halogens is 1. The van der Waals surface area contributed by atoms with Crippen LogP contribution >= 0.6 is 15.9 Å². The minimum atomic E-state index is -0.372. The lowest BCUT2D eigenvalue weighted by Crippen LogP contribution is -1.93. The van der Waals surface area contributed by atoms with Crippen LogP contribution in [0, 0.1) is 10.1 Å². The SMILES string of the molecule is CCCc1cccc([N+](=O)[O-])c1Br. The predicted octanol–water partition coefficient (Wildman–Crippen LogP) is 3.31. The van der Waals surface area contributed by atoms with Gasteiger partial charge >= 0.3 is 0 Å². The van der Waals surface area contributed by atoms with Gasteiger partial charge in [-0.2, -0.15) is 0 Å². The van der Waals surface area contributed by atoms with Crippen molar-refractivity contribution in [1.82, 2.24) is 0 Å². The lowest BCUT2D eigenvalue weighted by atomic mass is 10.1. The van der Waals surface area contributed by atoms with Crippen LogP contribution in [0.2, 0.25) is 0 Å². The molecule has 0 aliphatic rings. The molecule has 0 aliphatic carbocycles. The lowest BCUT2D eigenvalue weighted by Gasteiger charge is -2.02. The quantitative estimate of drug-likeness (QED) is 0.604. The average Bonchev–Trinajstić information content (AvgIpc) is 2.08. The summed E-state index contributed by atoms with van der Waals surface area (Å²) >= 11 is 3.24. The van der Waals surface area contributed by atoms with E-state index in [0.29, 0.717) is 4.47 Å². The molecule has 0 radical (unpaired) electrons. The second-order valence-electron chi connectivity index (χ2n) is 2.76. The van der Waals surface area contributed by atoms with E-state index in [0.717, 1.165) is 18.4 Å². The third-order valence-corrected chi connectivity index (χ3v) is 2.69. The Bertz CT molecular complexity index is 325. The van der Waals surface area contributed by atoms with Crippen molar-refractivity contribution >= 4 is 21.6 Å². The molecule has 0 bridgehead atoms. The van der Waals surface area contributed by atoms with E-state index in [2.05, 4.69) is 15.9 Å². The molecule has 4 heteroatoms. The van der Waals surface area contributed by atoms with E-state index in [1.807, 2.05) is 13.0 Å². The van der Waals surface area contributed by atoms with Crippen molar-refractivity contribution in [3.8, 4) is 0 Å². The first kappa shape index (κ1) is 10.2. The van der Waals surface area contributed by atoms with E-state index in [1.165, 1.54) is 6.07 Å². The van der Waals surface area contributed by atoms with Crippen LogP contribution in [0.25, 0.3) is 0 Å². The van der Waals surface area contributed by atoms with Gasteiger partial charge in [0.1, 0.15) is 0 Å². The van der Waals surface area contributed by atoms with Gasteiger partial charge in [0.05, 0.1) is 9.40 Å². The molecular weight excluding hydrogens is 234 g/mol. The second kappa shape index (κ2) is 4.37. The minimum absolute atomic E-state index is 0.144. The fraction of sp³-hybridized carbons (Fsp3) is 0.333. The molecule has 0 spiro atoms. The van der Waals surface area contributed by atoms with E-state index >= 15 is 0 Å². The molecule has 0 aromatic heterocycles. The topological polar surface area (TPSA) is 43.1 Å². The largest absolute Gasteiger partial charge is 0.283 e. The summed E-state index contributed by atoms with van der Waals surface area (Å²) in [6.07, 6.45) is 1.85. The first-order valence-corrected chi connectivity index (χ1v) is 4.88. The first-order valence-electron chi connectivity index (χ1n) is 4.08. The third kappa shape index (κ3) is 2.28. The van der Waals surface area contributed by atoms with E-state index < -0.39 is 0 Å². The van der Waals surface area contributed by atoms with E-state index in [-0.39, 0.29) is 10.6 Å². The zero-order valence-corrected chi connectivity index (χ0v) is 8.87. The Kier molecular flexibility index (Phi) is 3.42. The molecule has 1 aromatic carbocycles. The van der Waals surface area contributed by atoms with Crippen molar-refractivity contribution < 1.29 is 4.92 Å². The zero-order chi connectivity index (χ0) is 9.84. The highest BCUT2D eigenvalue weighted by atomic mass is 79.9. The summed E-state index contributed by atoms with van der Waals surface area (Å²) in [7, 11) is 0. The Labute approximate surface area is 85.0 Å². The number of hydrogen-bond donors (Lipinski definition) is 0. The monoisotopic (exact) mass is 243 g/mol. The van der Waals surface area contributed by atoms with Gasteiger partial charge in [0.15, 0.2) is 0 Å². The van der Waals surface area contributed by atoms with Crippen LogP contribution in [0.4, 0.5) is 5.69 Å². The Hall–Kier alpha value is -0.900. The summed E-state index contributed by atoms with van der Waals surface area (Å²) in [4.78, 5) is 10.2. The molecule has 0 unspecified atom stereocenters. The van der Waals surface area contributed by atoms with Crippen LogP contribution in [-0.4, -0.2) is 4.92 Å². The van der Waals surface area contributed by atoms with Gasteiger partial charge in [-0.15, -0.1) is 0 Å². The minimum Gasteiger partial charge on any atom is -0.258 e. The fourth-order valence-electron chi connectivity index (χ4n) is 1.17. The zero-order valence-electron chi connectivity index (χ0n) is 7.29. The van der Waals surface area contributed by atoms with Crippen LogP contribution in [0.5, 0.6) is 0 Å². The van der Waals surface area contributed by atoms with Crippen molar-refractivity contribution in [2.24, 2.45) is 0 Å². The Morgan fingerprint density at radius 1 is 1.54 bits per heavy atom. The normalized spacial score (nSPS) is 10.0. The molecule has 0 atom stereocenters. The number of hydrogen-bond acceptors (Lipinski definition) is 2. The maximum atomic E-state index is 10.6. The van der Waals surface area contributed by atoms with Crippen LogP contribution in [0.1, 0.15) is 18.9 Å². The van der Waals surface area contributed by atoms with Gasteiger partial charge in [-0.1, -0.05) is 25.5 Å². The van der Waals surface area contributed by atoms with Crippen LogP contribution < -0.4 is 0 Å². The molecule has 0 amide bonds. The van der Waals surface area contributed by atoms with E-state index in [1.54, 1.807) is 6.07 Å². The highest BCUT2D eigenvalue weighted by Crippen LogP contribution is 2.28. The van der Waals surface area contributed by atoms with Gasteiger partial charge in [0, 0.05) is 6.07 Å². The van der Waals surface area contributed by atoms with Gasteiger partial charge in [-0.25, -0.2) is 0 Å². The summed E-state index contributed by atoms with van der Waals surface area (Å²) in [5, 5.41) is 10.6. The van der Waals surface area contributed by atoms with Crippen LogP contribution in [0.3, 0.4) is 0 Å². The van der Waals surface area contributed by atoms with Gasteiger partial charge in [0.25, 0.3) is 5.69 Å². The highest BCUT2D eigenvalue weighted by Gasteiger charge is 2.13. The standard InChI is InChI=1S/C9H10BrNO2/c1-2-4-7-5-3-6-8(9(7)10)11(12)13/h3,5-6H,2,4H2,1H3. The molecule has 1 rings (SSSR count). The van der Waals surface area contributed by atoms with Crippen molar-refractivity contribution in [1.29, 1.82) is 0 Å². The van der Waals surface area contributed by atoms with Crippen molar-refractivity contribution in [2.45, 2.75) is 19.8 Å². The van der Waals surface area contributed by atoms with Crippen LogP contribution in [0.15, 0.2) is 22.7 Å². The number of benzene rings is 1. The summed E-state index contributed by atoms with van der Waals surface area (Å²) in [6.45, 7) is 2.05. The van der Waals surface area contributed by atoms with Gasteiger partial charge in [-0.05, 0) is 27.9 Å². The summed E-state index contributed by atoms with van der Waals surface area (Å²) in [5.74, 6) is 0. The summed E-state index contributed by atoms with van der Waals surface area (Å²) in [6, 6.07) is 5.12. The fourth-order valence-corrected chi connectivity index (χ4v) is 1.78. The van der Waals surface area contributed by atoms with Crippen LogP contribution in [-0.2, 0) is 6.42 Å². The summed E-state index contributed by atoms with van der Waals surface area (Å²) in [5.41, 5.74) is 1.14. The molecule has 0 N–H and O–H groups in total. The van der Waals surface area contributed by atoms with Gasteiger partial charge in [0.2, 0.25) is 0 Å². The summed E-state index contributed by atoms with van der Waals surface area (Å²) < 4.78 is 0.613.